The number of amides is 1. The lowest BCUT2D eigenvalue weighted by atomic mass is 9.86. The molecule has 0 aromatic heterocycles. The monoisotopic (exact) mass is 570 g/mol. The van der Waals surface area contributed by atoms with Crippen LogP contribution in [0, 0.1) is 6.92 Å². The van der Waals surface area contributed by atoms with E-state index in [9.17, 15) is 21.6 Å². The summed E-state index contributed by atoms with van der Waals surface area (Å²) in [7, 11) is -7.35. The highest BCUT2D eigenvalue weighted by Crippen LogP contribution is 2.40. The standard InChI is InChI=1S/C29H34N2O6S2/c1-19-7-12-24(13-8-19)39(35,36)31-18-27(37-26-16-11-22(17-25(26)31)29(3,4)5)28(32)30-20(2)21-9-14-23(15-10-21)38(6,33)34/h7-17,20,27H,18H2,1-6H3,(H,30,32)/t20-,27+/m1/s1. The largest absolute Gasteiger partial charge is 0.476 e. The number of hydrogen-bond acceptors (Lipinski definition) is 6. The van der Waals surface area contributed by atoms with Crippen LogP contribution >= 0.6 is 0 Å². The molecular weight excluding hydrogens is 536 g/mol. The Morgan fingerprint density at radius 2 is 1.54 bits per heavy atom. The van der Waals surface area contributed by atoms with Gasteiger partial charge in [0.25, 0.3) is 15.9 Å². The van der Waals surface area contributed by atoms with E-state index in [0.717, 1.165) is 17.4 Å². The average Bonchev–Trinajstić information content (AvgIpc) is 2.86. The molecule has 3 aromatic carbocycles. The van der Waals surface area contributed by atoms with E-state index < -0.39 is 37.9 Å². The van der Waals surface area contributed by atoms with Gasteiger partial charge in [-0.25, -0.2) is 16.8 Å². The normalized spacial score (nSPS) is 16.7. The maximum Gasteiger partial charge on any atom is 0.264 e. The molecule has 0 radical (unpaired) electrons. The minimum absolute atomic E-state index is 0.126. The molecule has 2 atom stereocenters. The summed E-state index contributed by atoms with van der Waals surface area (Å²) < 4.78 is 58.5. The van der Waals surface area contributed by atoms with E-state index in [2.05, 4.69) is 5.32 Å². The number of sulfonamides is 1. The van der Waals surface area contributed by atoms with Gasteiger partial charge in [-0.3, -0.25) is 9.10 Å². The van der Waals surface area contributed by atoms with Crippen molar-refractivity contribution in [2.24, 2.45) is 0 Å². The molecule has 1 aliphatic heterocycles. The highest BCUT2D eigenvalue weighted by molar-refractivity contribution is 7.92. The fourth-order valence-electron chi connectivity index (χ4n) is 4.31. The predicted octanol–water partition coefficient (Wildman–Crippen LogP) is 4.53. The lowest BCUT2D eigenvalue weighted by Gasteiger charge is -2.36. The molecule has 0 saturated heterocycles. The van der Waals surface area contributed by atoms with Crippen LogP contribution in [0.3, 0.4) is 0 Å². The zero-order valence-electron chi connectivity index (χ0n) is 22.9. The van der Waals surface area contributed by atoms with Gasteiger partial charge in [-0.05, 0) is 66.8 Å². The fourth-order valence-corrected chi connectivity index (χ4v) is 6.41. The number of nitrogens with one attached hydrogen (secondary N) is 1. The summed E-state index contributed by atoms with van der Waals surface area (Å²) in [6.07, 6.45) is 0.0303. The first-order chi connectivity index (χ1) is 18.1. The second kappa shape index (κ2) is 10.3. The molecule has 1 aliphatic rings. The third-order valence-electron chi connectivity index (χ3n) is 6.76. The first-order valence-corrected chi connectivity index (χ1v) is 15.9. The van der Waals surface area contributed by atoms with E-state index in [-0.39, 0.29) is 21.8 Å². The number of benzene rings is 3. The summed E-state index contributed by atoms with van der Waals surface area (Å²) >= 11 is 0. The van der Waals surface area contributed by atoms with Crippen molar-refractivity contribution in [3.05, 3.63) is 83.4 Å². The first kappa shape index (κ1) is 28.6. The van der Waals surface area contributed by atoms with Crippen molar-refractivity contribution < 1.29 is 26.4 Å². The Balaban J connectivity index is 1.66. The molecule has 1 N–H and O–H groups in total. The number of fused-ring (bicyclic) bond motifs is 1. The Kier molecular flexibility index (Phi) is 7.57. The minimum Gasteiger partial charge on any atom is -0.476 e. The van der Waals surface area contributed by atoms with Crippen LogP contribution in [0.4, 0.5) is 5.69 Å². The summed E-state index contributed by atoms with van der Waals surface area (Å²) in [4.78, 5) is 13.7. The maximum absolute atomic E-state index is 13.8. The van der Waals surface area contributed by atoms with Crippen LogP contribution in [0.1, 0.15) is 50.4 Å². The SMILES string of the molecule is Cc1ccc(S(=O)(=O)N2C[C@@H](C(=O)N[C@H](C)c3ccc(S(C)(=O)=O)cc3)Oc3ccc(C(C)(C)C)cc32)cc1. The van der Waals surface area contributed by atoms with Crippen molar-refractivity contribution in [3.8, 4) is 5.75 Å². The van der Waals surface area contributed by atoms with E-state index >= 15 is 0 Å². The summed E-state index contributed by atoms with van der Waals surface area (Å²) in [5.74, 6) is -0.181. The van der Waals surface area contributed by atoms with Crippen molar-refractivity contribution in [2.75, 3.05) is 17.1 Å². The fraction of sp³-hybridized carbons (Fsp3) is 0.345. The molecule has 1 amide bonds. The Morgan fingerprint density at radius 1 is 0.949 bits per heavy atom. The van der Waals surface area contributed by atoms with Gasteiger partial charge in [-0.15, -0.1) is 0 Å². The van der Waals surface area contributed by atoms with Gasteiger partial charge in [-0.2, -0.15) is 0 Å². The van der Waals surface area contributed by atoms with Crippen LogP contribution < -0.4 is 14.4 Å². The molecule has 1 heterocycles. The highest BCUT2D eigenvalue weighted by Gasteiger charge is 2.38. The third-order valence-corrected chi connectivity index (χ3v) is 9.69. The van der Waals surface area contributed by atoms with Gasteiger partial charge in [0.2, 0.25) is 0 Å². The molecule has 0 unspecified atom stereocenters. The van der Waals surface area contributed by atoms with Crippen molar-refractivity contribution in [2.45, 2.75) is 62.0 Å². The van der Waals surface area contributed by atoms with E-state index in [4.69, 9.17) is 4.74 Å². The second-order valence-corrected chi connectivity index (χ2v) is 14.8. The van der Waals surface area contributed by atoms with Gasteiger partial charge in [0, 0.05) is 6.26 Å². The summed E-state index contributed by atoms with van der Waals surface area (Å²) in [6.45, 7) is 9.56. The van der Waals surface area contributed by atoms with E-state index in [1.54, 1.807) is 55.5 Å². The van der Waals surface area contributed by atoms with Gasteiger partial charge in [0.15, 0.2) is 15.9 Å². The van der Waals surface area contributed by atoms with Gasteiger partial charge < -0.3 is 10.1 Å². The number of hydrogen-bond donors (Lipinski definition) is 1. The predicted molar refractivity (Wildman–Crippen MR) is 151 cm³/mol. The van der Waals surface area contributed by atoms with Gasteiger partial charge in [0.05, 0.1) is 28.1 Å². The third kappa shape index (κ3) is 6.12. The number of nitrogens with zero attached hydrogens (tertiary/aromatic N) is 1. The summed E-state index contributed by atoms with van der Waals surface area (Å²) in [6, 6.07) is 17.8. The van der Waals surface area contributed by atoms with Crippen LogP contribution in [-0.2, 0) is 30.1 Å². The van der Waals surface area contributed by atoms with E-state index in [1.165, 1.54) is 16.4 Å². The number of anilines is 1. The van der Waals surface area contributed by atoms with Crippen LogP contribution in [0.25, 0.3) is 0 Å². The Hall–Kier alpha value is -3.37. The molecule has 0 fully saturated rings. The molecule has 0 bridgehead atoms. The highest BCUT2D eigenvalue weighted by atomic mass is 32.2. The summed E-state index contributed by atoms with van der Waals surface area (Å²) in [5.41, 5.74) is 2.72. The van der Waals surface area contributed by atoms with Crippen LogP contribution in [-0.4, -0.2) is 41.6 Å². The van der Waals surface area contributed by atoms with Crippen molar-refractivity contribution >= 4 is 31.5 Å². The first-order valence-electron chi connectivity index (χ1n) is 12.6. The zero-order valence-corrected chi connectivity index (χ0v) is 24.6. The van der Waals surface area contributed by atoms with Crippen molar-refractivity contribution in [1.82, 2.24) is 5.32 Å². The Bertz CT molecular complexity index is 1590. The molecule has 10 heteroatoms. The maximum atomic E-state index is 13.8. The molecule has 4 rings (SSSR count). The van der Waals surface area contributed by atoms with Gasteiger partial charge in [0.1, 0.15) is 5.75 Å². The van der Waals surface area contributed by atoms with E-state index in [0.29, 0.717) is 17.0 Å². The van der Waals surface area contributed by atoms with Gasteiger partial charge >= 0.3 is 0 Å². The molecule has 208 valence electrons. The molecule has 0 spiro atoms. The van der Waals surface area contributed by atoms with Crippen LogP contribution in [0.15, 0.2) is 76.5 Å². The smallest absolute Gasteiger partial charge is 0.264 e. The van der Waals surface area contributed by atoms with E-state index in [1.807, 2.05) is 33.8 Å². The zero-order chi connectivity index (χ0) is 28.8. The quantitative estimate of drug-likeness (QED) is 0.466. The van der Waals surface area contributed by atoms with Crippen LogP contribution in [0.2, 0.25) is 0 Å². The number of aryl methyl sites for hydroxylation is 1. The van der Waals surface area contributed by atoms with Crippen LogP contribution in [0.5, 0.6) is 5.75 Å². The molecule has 39 heavy (non-hydrogen) atoms. The molecular formula is C29H34N2O6S2. The Labute approximate surface area is 231 Å². The molecule has 0 saturated carbocycles. The van der Waals surface area contributed by atoms with Crippen molar-refractivity contribution in [3.63, 3.8) is 0 Å². The summed E-state index contributed by atoms with van der Waals surface area (Å²) in [5, 5.41) is 2.87. The number of carbonyl (C=O) groups excluding carboxylic acids is 1. The number of carbonyl (C=O) groups is 1. The minimum atomic E-state index is -4.00. The average molecular weight is 571 g/mol. The van der Waals surface area contributed by atoms with Crippen molar-refractivity contribution in [1.29, 1.82) is 0 Å². The number of ether oxygens (including phenoxy) is 1. The topological polar surface area (TPSA) is 110 Å². The lowest BCUT2D eigenvalue weighted by molar-refractivity contribution is -0.128. The lowest BCUT2D eigenvalue weighted by Crippen LogP contribution is -2.51. The Morgan fingerprint density at radius 3 is 2.10 bits per heavy atom. The van der Waals surface area contributed by atoms with Gasteiger partial charge in [-0.1, -0.05) is 56.7 Å². The number of rotatable bonds is 6. The molecule has 3 aromatic rings. The second-order valence-electron chi connectivity index (χ2n) is 11.0. The molecule has 8 nitrogen and oxygen atoms in total. The number of sulfone groups is 1. The molecule has 0 aliphatic carbocycles.